The first-order valence-corrected chi connectivity index (χ1v) is 13.3. The molecule has 5 rings (SSSR count). The Hall–Kier alpha value is -3.10. The summed E-state index contributed by atoms with van der Waals surface area (Å²) in [6.07, 6.45) is 5.34. The zero-order valence-electron chi connectivity index (χ0n) is 21.9. The lowest BCUT2D eigenvalue weighted by atomic mass is 9.65. The number of nitrogens with zero attached hydrogens (tertiary/aromatic N) is 4. The van der Waals surface area contributed by atoms with Gasteiger partial charge in [0.05, 0.1) is 6.04 Å². The van der Waals surface area contributed by atoms with Gasteiger partial charge in [0.2, 0.25) is 0 Å². The molecule has 2 aromatic rings. The molecule has 0 N–H and O–H groups in total. The van der Waals surface area contributed by atoms with E-state index in [1.165, 1.54) is 17.5 Å². The number of piperazine rings is 1. The van der Waals surface area contributed by atoms with E-state index in [9.17, 15) is 10.1 Å². The van der Waals surface area contributed by atoms with Crippen LogP contribution < -0.4 is 0 Å². The van der Waals surface area contributed by atoms with Crippen LogP contribution in [0.4, 0.5) is 0 Å². The van der Waals surface area contributed by atoms with Crippen molar-refractivity contribution in [2.24, 2.45) is 10.8 Å². The Morgan fingerprint density at radius 1 is 0.944 bits per heavy atom. The maximum Gasteiger partial charge on any atom is 0.266 e. The van der Waals surface area contributed by atoms with Crippen LogP contribution in [-0.2, 0) is 4.79 Å². The second-order valence-electron chi connectivity index (χ2n) is 12.1. The Balaban J connectivity index is 1.28. The molecule has 188 valence electrons. The molecule has 2 unspecified atom stereocenters. The highest BCUT2D eigenvalue weighted by Crippen LogP contribution is 2.52. The number of rotatable bonds is 5. The van der Waals surface area contributed by atoms with Crippen molar-refractivity contribution in [3.63, 3.8) is 0 Å². The van der Waals surface area contributed by atoms with Gasteiger partial charge in [-0.25, -0.2) is 0 Å². The normalized spacial score (nSPS) is 26.2. The number of likely N-dealkylation sites (tertiary alicyclic amines) is 1. The van der Waals surface area contributed by atoms with Crippen LogP contribution >= 0.6 is 0 Å². The molecule has 3 aliphatic rings. The van der Waals surface area contributed by atoms with Gasteiger partial charge in [0, 0.05) is 45.0 Å². The summed E-state index contributed by atoms with van der Waals surface area (Å²) in [7, 11) is 0. The molecule has 1 aliphatic carbocycles. The van der Waals surface area contributed by atoms with Gasteiger partial charge in [0.25, 0.3) is 5.91 Å². The summed E-state index contributed by atoms with van der Waals surface area (Å²) in [6.45, 7) is 10.8. The van der Waals surface area contributed by atoms with E-state index in [0.29, 0.717) is 24.5 Å². The molecule has 0 aromatic heterocycles. The maximum absolute atomic E-state index is 13.4. The topological polar surface area (TPSA) is 50.6 Å². The molecule has 0 spiro atoms. The third kappa shape index (κ3) is 5.06. The SMILES string of the molecule is CC1(C)CC2CC(C)(CN2/C=C(/C#N)C(=O)N2CCN(C(c3ccccc3)c3ccccc3)CC2)C1. The summed E-state index contributed by atoms with van der Waals surface area (Å²) in [4.78, 5) is 20.0. The molecule has 1 amide bonds. The van der Waals surface area contributed by atoms with E-state index in [0.717, 1.165) is 32.5 Å². The second-order valence-corrected chi connectivity index (χ2v) is 12.1. The van der Waals surface area contributed by atoms with Crippen molar-refractivity contribution in [2.45, 2.75) is 52.1 Å². The predicted molar refractivity (Wildman–Crippen MR) is 143 cm³/mol. The number of carbonyl (C=O) groups is 1. The molecule has 2 atom stereocenters. The fourth-order valence-corrected chi connectivity index (χ4v) is 7.19. The molecule has 2 saturated heterocycles. The van der Waals surface area contributed by atoms with Gasteiger partial charge in [-0.2, -0.15) is 5.26 Å². The average molecular weight is 483 g/mol. The Labute approximate surface area is 216 Å². The Morgan fingerprint density at radius 2 is 1.53 bits per heavy atom. The van der Waals surface area contributed by atoms with E-state index in [1.54, 1.807) is 0 Å². The standard InChI is InChI=1S/C31H38N4O/c1-30(2)18-27-19-31(3,22-30)23-35(27)21-26(20-32)29(36)34-16-14-33(15-17-34)28(24-10-6-4-7-11-24)25-12-8-5-9-13-25/h4-13,21,27-28H,14-19,22-23H2,1-3H3/b26-21-. The monoisotopic (exact) mass is 482 g/mol. The maximum atomic E-state index is 13.4. The first kappa shape index (κ1) is 24.6. The van der Waals surface area contributed by atoms with Crippen molar-refractivity contribution in [1.82, 2.24) is 14.7 Å². The quantitative estimate of drug-likeness (QED) is 0.433. The van der Waals surface area contributed by atoms with Crippen molar-refractivity contribution < 1.29 is 4.79 Å². The molecular formula is C31H38N4O. The van der Waals surface area contributed by atoms with E-state index in [4.69, 9.17) is 0 Å². The average Bonchev–Trinajstić information content (AvgIpc) is 3.11. The highest BCUT2D eigenvalue weighted by atomic mass is 16.2. The third-order valence-corrected chi connectivity index (χ3v) is 8.30. The summed E-state index contributed by atoms with van der Waals surface area (Å²) in [5.41, 5.74) is 3.37. The molecule has 5 heteroatoms. The van der Waals surface area contributed by atoms with E-state index in [-0.39, 0.29) is 22.9 Å². The first-order valence-electron chi connectivity index (χ1n) is 13.3. The van der Waals surface area contributed by atoms with Gasteiger partial charge in [-0.3, -0.25) is 9.69 Å². The zero-order chi connectivity index (χ0) is 25.3. The number of hydrogen-bond acceptors (Lipinski definition) is 4. The minimum absolute atomic E-state index is 0.126. The fraction of sp³-hybridized carbons (Fsp3) is 0.484. The van der Waals surface area contributed by atoms with E-state index < -0.39 is 0 Å². The third-order valence-electron chi connectivity index (χ3n) is 8.30. The Morgan fingerprint density at radius 3 is 2.08 bits per heavy atom. The zero-order valence-corrected chi connectivity index (χ0v) is 21.9. The number of nitriles is 1. The van der Waals surface area contributed by atoms with E-state index in [2.05, 4.69) is 85.2 Å². The minimum atomic E-state index is -0.126. The summed E-state index contributed by atoms with van der Waals surface area (Å²) >= 11 is 0. The number of fused-ring (bicyclic) bond motifs is 2. The summed E-state index contributed by atoms with van der Waals surface area (Å²) in [5.74, 6) is -0.126. The molecule has 2 aliphatic heterocycles. The Kier molecular flexibility index (Phi) is 6.66. The molecular weight excluding hydrogens is 444 g/mol. The van der Waals surface area contributed by atoms with Crippen LogP contribution in [0.15, 0.2) is 72.4 Å². The van der Waals surface area contributed by atoms with Gasteiger partial charge in [-0.15, -0.1) is 0 Å². The molecule has 2 heterocycles. The predicted octanol–water partition coefficient (Wildman–Crippen LogP) is 5.23. The molecule has 36 heavy (non-hydrogen) atoms. The van der Waals surface area contributed by atoms with Crippen LogP contribution in [0.5, 0.6) is 0 Å². The van der Waals surface area contributed by atoms with Crippen molar-refractivity contribution in [1.29, 1.82) is 5.26 Å². The van der Waals surface area contributed by atoms with Crippen molar-refractivity contribution in [3.05, 3.63) is 83.6 Å². The van der Waals surface area contributed by atoms with Gasteiger partial charge in [0.15, 0.2) is 0 Å². The van der Waals surface area contributed by atoms with Gasteiger partial charge < -0.3 is 9.80 Å². The molecule has 2 aromatic carbocycles. The smallest absolute Gasteiger partial charge is 0.266 e. The summed E-state index contributed by atoms with van der Waals surface area (Å²) < 4.78 is 0. The van der Waals surface area contributed by atoms with E-state index >= 15 is 0 Å². The fourth-order valence-electron chi connectivity index (χ4n) is 7.19. The molecule has 0 radical (unpaired) electrons. The summed E-state index contributed by atoms with van der Waals surface area (Å²) in [5, 5.41) is 9.93. The molecule has 2 bridgehead atoms. The number of hydrogen-bond donors (Lipinski definition) is 0. The van der Waals surface area contributed by atoms with Crippen molar-refractivity contribution in [3.8, 4) is 6.07 Å². The van der Waals surface area contributed by atoms with Gasteiger partial charge in [-0.05, 0) is 41.2 Å². The second kappa shape index (κ2) is 9.75. The van der Waals surface area contributed by atoms with Crippen molar-refractivity contribution >= 4 is 5.91 Å². The molecule has 3 fully saturated rings. The number of benzene rings is 2. The lowest BCUT2D eigenvalue weighted by Gasteiger charge is -2.40. The highest BCUT2D eigenvalue weighted by molar-refractivity contribution is 5.97. The van der Waals surface area contributed by atoms with Gasteiger partial charge >= 0.3 is 0 Å². The van der Waals surface area contributed by atoms with Crippen LogP contribution in [-0.4, -0.2) is 59.4 Å². The van der Waals surface area contributed by atoms with Gasteiger partial charge in [0.1, 0.15) is 11.6 Å². The van der Waals surface area contributed by atoms with Crippen LogP contribution in [0.25, 0.3) is 0 Å². The van der Waals surface area contributed by atoms with Crippen LogP contribution in [0.3, 0.4) is 0 Å². The van der Waals surface area contributed by atoms with Crippen LogP contribution in [0, 0.1) is 22.2 Å². The minimum Gasteiger partial charge on any atom is -0.373 e. The Bertz CT molecular complexity index is 1100. The lowest BCUT2D eigenvalue weighted by Crippen LogP contribution is -2.50. The largest absolute Gasteiger partial charge is 0.373 e. The van der Waals surface area contributed by atoms with Crippen LogP contribution in [0.1, 0.15) is 57.2 Å². The highest BCUT2D eigenvalue weighted by Gasteiger charge is 2.49. The number of amides is 1. The van der Waals surface area contributed by atoms with Crippen molar-refractivity contribution in [2.75, 3.05) is 32.7 Å². The number of carbonyl (C=O) groups excluding carboxylic acids is 1. The summed E-state index contributed by atoms with van der Waals surface area (Å²) in [6, 6.07) is 24.0. The lowest BCUT2D eigenvalue weighted by molar-refractivity contribution is -0.128. The molecule has 5 nitrogen and oxygen atoms in total. The van der Waals surface area contributed by atoms with Gasteiger partial charge in [-0.1, -0.05) is 81.4 Å². The van der Waals surface area contributed by atoms with Crippen LogP contribution in [0.2, 0.25) is 0 Å². The van der Waals surface area contributed by atoms with E-state index in [1.807, 2.05) is 23.2 Å². The molecule has 1 saturated carbocycles. The first-order chi connectivity index (χ1) is 17.3.